The third-order valence-corrected chi connectivity index (χ3v) is 8.35. The van der Waals surface area contributed by atoms with Gasteiger partial charge in [0.15, 0.2) is 0 Å². The number of hydrogen-bond acceptors (Lipinski definition) is 4. The third-order valence-electron chi connectivity index (χ3n) is 8.35. The van der Waals surface area contributed by atoms with Gasteiger partial charge < -0.3 is 9.84 Å². The van der Waals surface area contributed by atoms with Crippen LogP contribution in [-0.4, -0.2) is 47.6 Å². The first-order chi connectivity index (χ1) is 13.0. The number of likely N-dealkylation sites (tertiary alicyclic amines) is 1. The Morgan fingerprint density at radius 2 is 2.11 bits per heavy atom. The lowest BCUT2D eigenvalue weighted by atomic mass is 9.46. The quantitative estimate of drug-likeness (QED) is 0.887. The Labute approximate surface area is 161 Å². The zero-order valence-electron chi connectivity index (χ0n) is 16.5. The fraction of sp³-hybridized carbons (Fsp3) is 0.696. The molecular formula is C23H31NO3. The highest BCUT2D eigenvalue weighted by Crippen LogP contribution is 2.61. The van der Waals surface area contributed by atoms with Gasteiger partial charge >= 0.3 is 0 Å². The van der Waals surface area contributed by atoms with E-state index in [0.717, 1.165) is 25.3 Å². The molecule has 1 heterocycles. The highest BCUT2D eigenvalue weighted by atomic mass is 16.5. The minimum Gasteiger partial charge on any atom is -0.508 e. The highest BCUT2D eigenvalue weighted by Gasteiger charge is 2.68. The van der Waals surface area contributed by atoms with E-state index in [4.69, 9.17) is 4.74 Å². The molecule has 1 saturated heterocycles. The van der Waals surface area contributed by atoms with Gasteiger partial charge in [0.2, 0.25) is 0 Å². The van der Waals surface area contributed by atoms with E-state index in [1.54, 1.807) is 6.07 Å². The lowest BCUT2D eigenvalue weighted by Crippen LogP contribution is -2.76. The Kier molecular flexibility index (Phi) is 3.97. The Balaban J connectivity index is 1.67. The molecule has 4 aliphatic rings. The van der Waals surface area contributed by atoms with Gasteiger partial charge in [0, 0.05) is 38.0 Å². The second kappa shape index (κ2) is 6.05. The van der Waals surface area contributed by atoms with Crippen LogP contribution in [0.2, 0.25) is 0 Å². The maximum absolute atomic E-state index is 12.8. The number of methoxy groups -OCH3 is 1. The number of aromatic hydroxyl groups is 1. The second-order valence-electron chi connectivity index (χ2n) is 9.50. The van der Waals surface area contributed by atoms with Crippen molar-refractivity contribution in [3.8, 4) is 5.75 Å². The number of carbonyl (C=O) groups excluding carboxylic acids is 1. The van der Waals surface area contributed by atoms with Crippen molar-refractivity contribution < 1.29 is 14.6 Å². The number of ether oxygens (including phenoxy) is 1. The summed E-state index contributed by atoms with van der Waals surface area (Å²) < 4.78 is 6.49. The van der Waals surface area contributed by atoms with E-state index >= 15 is 0 Å². The Morgan fingerprint density at radius 3 is 2.81 bits per heavy atom. The summed E-state index contributed by atoms with van der Waals surface area (Å²) in [6.07, 6.45) is 7.13. The maximum atomic E-state index is 12.8. The van der Waals surface area contributed by atoms with Crippen LogP contribution >= 0.6 is 0 Å². The molecule has 2 bridgehead atoms. The molecule has 27 heavy (non-hydrogen) atoms. The maximum Gasteiger partial charge on any atom is 0.134 e. The molecule has 0 radical (unpaired) electrons. The van der Waals surface area contributed by atoms with Crippen LogP contribution in [0.15, 0.2) is 18.2 Å². The summed E-state index contributed by atoms with van der Waals surface area (Å²) in [5, 5.41) is 10.2. The fourth-order valence-corrected chi connectivity index (χ4v) is 7.08. The van der Waals surface area contributed by atoms with Gasteiger partial charge in [0.25, 0.3) is 0 Å². The van der Waals surface area contributed by atoms with Crippen LogP contribution in [0, 0.1) is 11.8 Å². The molecule has 4 atom stereocenters. The molecule has 2 saturated carbocycles. The van der Waals surface area contributed by atoms with Crippen LogP contribution in [0.4, 0.5) is 0 Å². The van der Waals surface area contributed by atoms with Crippen molar-refractivity contribution in [2.24, 2.45) is 11.8 Å². The van der Waals surface area contributed by atoms with Crippen LogP contribution in [0.5, 0.6) is 5.75 Å². The van der Waals surface area contributed by atoms with Crippen molar-refractivity contribution in [3.63, 3.8) is 0 Å². The molecule has 3 fully saturated rings. The molecule has 1 N–H and O–H groups in total. The number of Topliss-reactive ketones (excluding diaryl/α,β-unsaturated/α-hetero) is 1. The van der Waals surface area contributed by atoms with Crippen molar-refractivity contribution in [2.75, 3.05) is 20.2 Å². The summed E-state index contributed by atoms with van der Waals surface area (Å²) in [4.78, 5) is 15.4. The number of benzene rings is 1. The molecule has 5 rings (SSSR count). The van der Waals surface area contributed by atoms with E-state index in [2.05, 4.69) is 17.9 Å². The topological polar surface area (TPSA) is 49.8 Å². The predicted molar refractivity (Wildman–Crippen MR) is 104 cm³/mol. The second-order valence-corrected chi connectivity index (χ2v) is 9.50. The first kappa shape index (κ1) is 17.7. The Morgan fingerprint density at radius 1 is 1.30 bits per heavy atom. The van der Waals surface area contributed by atoms with Gasteiger partial charge in [-0.2, -0.15) is 0 Å². The summed E-state index contributed by atoms with van der Waals surface area (Å²) in [7, 11) is 1.86. The van der Waals surface area contributed by atoms with Crippen LogP contribution in [0.3, 0.4) is 0 Å². The van der Waals surface area contributed by atoms with E-state index in [9.17, 15) is 9.90 Å². The highest BCUT2D eigenvalue weighted by molar-refractivity contribution is 5.83. The predicted octanol–water partition coefficient (Wildman–Crippen LogP) is 3.44. The lowest BCUT2D eigenvalue weighted by Gasteiger charge is -2.67. The molecule has 3 aliphatic carbocycles. The molecule has 146 valence electrons. The summed E-state index contributed by atoms with van der Waals surface area (Å²) in [6, 6.07) is 6.12. The standard InChI is InChI=1S/C23H31NO3/c1-15-10-19(26)13-22-8-9-24(14-16-4-3-5-16)21(23(15,22)27-2)11-17-6-7-18(25)12-20(17)22/h6-7,12,15-16,21,25H,3-5,8-11,13-14H2,1-2H3/t15-,21-,22-,23?/m1/s1. The molecule has 4 nitrogen and oxygen atoms in total. The van der Waals surface area contributed by atoms with Crippen LogP contribution in [-0.2, 0) is 21.4 Å². The largest absolute Gasteiger partial charge is 0.508 e. The summed E-state index contributed by atoms with van der Waals surface area (Å²) in [5.74, 6) is 1.66. The van der Waals surface area contributed by atoms with E-state index < -0.39 is 0 Å². The number of piperidine rings is 1. The molecular weight excluding hydrogens is 338 g/mol. The summed E-state index contributed by atoms with van der Waals surface area (Å²) in [6.45, 7) is 4.41. The van der Waals surface area contributed by atoms with Gasteiger partial charge in [-0.05, 0) is 67.3 Å². The van der Waals surface area contributed by atoms with Crippen LogP contribution < -0.4 is 0 Å². The average Bonchev–Trinajstić information content (AvgIpc) is 2.59. The molecule has 4 heteroatoms. The SMILES string of the molecule is COC12[C@H](C)CC(=O)C[C@@]13CCN(CC1CCC1)[C@@H]2Cc1ccc(O)cc13. The number of phenols is 1. The summed E-state index contributed by atoms with van der Waals surface area (Å²) in [5.41, 5.74) is 1.82. The lowest BCUT2D eigenvalue weighted by molar-refractivity contribution is -0.211. The molecule has 0 aromatic heterocycles. The Bertz CT molecular complexity index is 773. The zero-order chi connectivity index (χ0) is 18.8. The first-order valence-electron chi connectivity index (χ1n) is 10.6. The molecule has 0 spiro atoms. The molecule has 1 aromatic carbocycles. The molecule has 1 unspecified atom stereocenters. The van der Waals surface area contributed by atoms with Crippen LogP contribution in [0.1, 0.15) is 56.6 Å². The van der Waals surface area contributed by atoms with E-state index in [1.807, 2.05) is 13.2 Å². The first-order valence-corrected chi connectivity index (χ1v) is 10.6. The fourth-order valence-electron chi connectivity index (χ4n) is 7.08. The minimum atomic E-state index is -0.344. The van der Waals surface area contributed by atoms with Crippen molar-refractivity contribution in [2.45, 2.75) is 68.9 Å². The zero-order valence-corrected chi connectivity index (χ0v) is 16.5. The molecule has 0 amide bonds. The minimum absolute atomic E-state index is 0.188. The van der Waals surface area contributed by atoms with E-state index in [-0.39, 0.29) is 16.9 Å². The number of carbonyl (C=O) groups is 1. The van der Waals surface area contributed by atoms with Gasteiger partial charge in [0.1, 0.15) is 11.5 Å². The number of nitrogens with zero attached hydrogens (tertiary/aromatic N) is 1. The average molecular weight is 370 g/mol. The van der Waals surface area contributed by atoms with Crippen molar-refractivity contribution in [1.82, 2.24) is 4.90 Å². The number of rotatable bonds is 3. The van der Waals surface area contributed by atoms with Crippen molar-refractivity contribution >= 4 is 5.78 Å². The van der Waals surface area contributed by atoms with Crippen LogP contribution in [0.25, 0.3) is 0 Å². The van der Waals surface area contributed by atoms with Gasteiger partial charge in [-0.1, -0.05) is 19.4 Å². The van der Waals surface area contributed by atoms with Gasteiger partial charge in [0.05, 0.1) is 5.60 Å². The van der Waals surface area contributed by atoms with Crippen molar-refractivity contribution in [3.05, 3.63) is 29.3 Å². The number of ketones is 1. The Hall–Kier alpha value is -1.39. The number of hydrogen-bond donors (Lipinski definition) is 1. The van der Waals surface area contributed by atoms with E-state index in [0.29, 0.717) is 30.4 Å². The van der Waals surface area contributed by atoms with Gasteiger partial charge in [-0.25, -0.2) is 0 Å². The monoisotopic (exact) mass is 369 g/mol. The number of phenolic OH excluding ortho intramolecular Hbond substituents is 1. The molecule has 1 aliphatic heterocycles. The third kappa shape index (κ3) is 2.26. The van der Waals surface area contributed by atoms with Gasteiger partial charge in [-0.3, -0.25) is 9.69 Å². The normalized spacial score (nSPS) is 38.8. The van der Waals surface area contributed by atoms with E-state index in [1.165, 1.54) is 36.9 Å². The van der Waals surface area contributed by atoms with Crippen molar-refractivity contribution in [1.29, 1.82) is 0 Å². The molecule has 1 aromatic rings. The van der Waals surface area contributed by atoms with Gasteiger partial charge in [-0.15, -0.1) is 0 Å². The summed E-state index contributed by atoms with van der Waals surface area (Å²) >= 11 is 0. The number of fused-ring (bicyclic) bond motifs is 1. The smallest absolute Gasteiger partial charge is 0.134 e.